The summed E-state index contributed by atoms with van der Waals surface area (Å²) < 4.78 is 10.8. The molecule has 110 valence electrons. The molecule has 3 atom stereocenters. The van der Waals surface area contributed by atoms with Crippen LogP contribution in [0.15, 0.2) is 42.7 Å². The summed E-state index contributed by atoms with van der Waals surface area (Å²) >= 11 is 0. The fraction of sp³-hybridized carbons (Fsp3) is 0.529. The van der Waals surface area contributed by atoms with Crippen LogP contribution in [0.3, 0.4) is 0 Å². The topological polar surface area (TPSA) is 38.7 Å². The highest BCUT2D eigenvalue weighted by Crippen LogP contribution is 2.52. The predicted molar refractivity (Wildman–Crippen MR) is 78.9 cm³/mol. The van der Waals surface area contributed by atoms with Crippen molar-refractivity contribution in [2.24, 2.45) is 11.3 Å². The molecule has 0 bridgehead atoms. The number of hydrogen-bond acceptors (Lipinski definition) is 3. The summed E-state index contributed by atoms with van der Waals surface area (Å²) in [6.07, 6.45) is 5.36. The number of allylic oxidation sites excluding steroid dienone is 1. The molecule has 0 radical (unpaired) electrons. The monoisotopic (exact) mass is 276 g/mol. The Morgan fingerprint density at radius 3 is 2.65 bits per heavy atom. The van der Waals surface area contributed by atoms with Gasteiger partial charge in [-0.25, -0.2) is 0 Å². The van der Waals surface area contributed by atoms with Gasteiger partial charge in [-0.05, 0) is 24.8 Å². The van der Waals surface area contributed by atoms with E-state index >= 15 is 0 Å². The fourth-order valence-electron chi connectivity index (χ4n) is 2.95. The van der Waals surface area contributed by atoms with Crippen LogP contribution in [0, 0.1) is 11.3 Å². The third kappa shape index (κ3) is 2.48. The van der Waals surface area contributed by atoms with Crippen LogP contribution in [-0.2, 0) is 15.3 Å². The molecule has 0 spiro atoms. The Morgan fingerprint density at radius 2 is 2.00 bits per heavy atom. The zero-order chi connectivity index (χ0) is 14.6. The van der Waals surface area contributed by atoms with Crippen LogP contribution in [-0.4, -0.2) is 18.8 Å². The molecular weight excluding hydrogens is 252 g/mol. The Labute approximate surface area is 121 Å². The van der Waals surface area contributed by atoms with Crippen LogP contribution in [0.5, 0.6) is 0 Å². The van der Waals surface area contributed by atoms with E-state index in [9.17, 15) is 5.11 Å². The number of ether oxygens (including phenoxy) is 2. The highest BCUT2D eigenvalue weighted by molar-refractivity contribution is 5.25. The second-order valence-corrected chi connectivity index (χ2v) is 5.76. The Hall–Kier alpha value is -1.32. The minimum atomic E-state index is -1.30. The van der Waals surface area contributed by atoms with Crippen molar-refractivity contribution < 1.29 is 14.6 Å². The van der Waals surface area contributed by atoms with Crippen molar-refractivity contribution in [1.82, 2.24) is 0 Å². The normalized spacial score (nSPS) is 32.9. The molecule has 2 rings (SSSR count). The average Bonchev–Trinajstić information content (AvgIpc) is 2.46. The molecular formula is C17H24O3. The van der Waals surface area contributed by atoms with Gasteiger partial charge in [0.1, 0.15) is 0 Å². The first-order valence-electron chi connectivity index (χ1n) is 7.16. The van der Waals surface area contributed by atoms with E-state index in [-0.39, 0.29) is 11.3 Å². The van der Waals surface area contributed by atoms with Gasteiger partial charge >= 0.3 is 0 Å². The Morgan fingerprint density at radius 1 is 1.30 bits per heavy atom. The van der Waals surface area contributed by atoms with E-state index in [1.165, 1.54) is 0 Å². The van der Waals surface area contributed by atoms with E-state index in [2.05, 4.69) is 13.8 Å². The summed E-state index contributed by atoms with van der Waals surface area (Å²) in [5.74, 6) is -1.07. The quantitative estimate of drug-likeness (QED) is 0.837. The SMILES string of the molecule is COCCCC1(C)C(C)C=COC1(O)c1ccccc1. The van der Waals surface area contributed by atoms with Gasteiger partial charge in [0.2, 0.25) is 5.79 Å². The molecule has 0 saturated carbocycles. The summed E-state index contributed by atoms with van der Waals surface area (Å²) in [7, 11) is 1.70. The first kappa shape index (κ1) is 15.1. The third-order valence-corrected chi connectivity index (χ3v) is 4.59. The smallest absolute Gasteiger partial charge is 0.239 e. The maximum absolute atomic E-state index is 11.2. The maximum Gasteiger partial charge on any atom is 0.239 e. The lowest BCUT2D eigenvalue weighted by Gasteiger charge is -2.49. The second-order valence-electron chi connectivity index (χ2n) is 5.76. The highest BCUT2D eigenvalue weighted by atomic mass is 16.6. The third-order valence-electron chi connectivity index (χ3n) is 4.59. The van der Waals surface area contributed by atoms with Crippen molar-refractivity contribution in [3.63, 3.8) is 0 Å². The largest absolute Gasteiger partial charge is 0.466 e. The molecule has 1 N–H and O–H groups in total. The van der Waals surface area contributed by atoms with E-state index in [0.717, 1.165) is 18.4 Å². The van der Waals surface area contributed by atoms with Gasteiger partial charge in [0, 0.05) is 24.7 Å². The standard InChI is InChI=1S/C17H24O3/c1-14-10-13-20-17(18,15-8-5-4-6-9-15)16(14,2)11-7-12-19-3/h4-6,8-10,13-14,18H,7,11-12H2,1-3H3. The molecule has 0 aliphatic carbocycles. The van der Waals surface area contributed by atoms with E-state index in [1.54, 1.807) is 13.4 Å². The van der Waals surface area contributed by atoms with Crippen molar-refractivity contribution in [2.75, 3.05) is 13.7 Å². The molecule has 0 saturated heterocycles. The molecule has 1 aromatic carbocycles. The van der Waals surface area contributed by atoms with Gasteiger partial charge in [0.25, 0.3) is 0 Å². The van der Waals surface area contributed by atoms with E-state index < -0.39 is 5.79 Å². The number of rotatable bonds is 5. The first-order chi connectivity index (χ1) is 9.54. The second kappa shape index (κ2) is 5.98. The number of benzene rings is 1. The first-order valence-corrected chi connectivity index (χ1v) is 7.16. The van der Waals surface area contributed by atoms with E-state index in [1.807, 2.05) is 36.4 Å². The van der Waals surface area contributed by atoms with Crippen LogP contribution in [0.1, 0.15) is 32.3 Å². The molecule has 0 fully saturated rings. The molecule has 1 aliphatic heterocycles. The van der Waals surface area contributed by atoms with Crippen molar-refractivity contribution in [2.45, 2.75) is 32.5 Å². The summed E-state index contributed by atoms with van der Waals surface area (Å²) in [6.45, 7) is 4.90. The zero-order valence-corrected chi connectivity index (χ0v) is 12.5. The minimum Gasteiger partial charge on any atom is -0.466 e. The van der Waals surface area contributed by atoms with Gasteiger partial charge in [0.15, 0.2) is 0 Å². The predicted octanol–water partition coefficient (Wildman–Crippen LogP) is 3.44. The molecule has 3 nitrogen and oxygen atoms in total. The molecule has 1 aliphatic rings. The lowest BCUT2D eigenvalue weighted by atomic mass is 9.65. The Kier molecular flexibility index (Phi) is 4.51. The van der Waals surface area contributed by atoms with Crippen molar-refractivity contribution in [3.05, 3.63) is 48.2 Å². The lowest BCUT2D eigenvalue weighted by molar-refractivity contribution is -0.274. The molecule has 1 heterocycles. The number of aliphatic hydroxyl groups is 1. The highest BCUT2D eigenvalue weighted by Gasteiger charge is 2.53. The Bertz CT molecular complexity index is 457. The molecule has 3 unspecified atom stereocenters. The van der Waals surface area contributed by atoms with Crippen LogP contribution < -0.4 is 0 Å². The van der Waals surface area contributed by atoms with Crippen molar-refractivity contribution in [1.29, 1.82) is 0 Å². The van der Waals surface area contributed by atoms with E-state index in [4.69, 9.17) is 9.47 Å². The van der Waals surface area contributed by atoms with Gasteiger partial charge in [-0.3, -0.25) is 0 Å². The molecule has 3 heteroatoms. The van der Waals surface area contributed by atoms with Gasteiger partial charge in [0.05, 0.1) is 6.26 Å². The van der Waals surface area contributed by atoms with Crippen LogP contribution >= 0.6 is 0 Å². The van der Waals surface area contributed by atoms with Crippen LogP contribution in [0.25, 0.3) is 0 Å². The fourth-order valence-corrected chi connectivity index (χ4v) is 2.95. The van der Waals surface area contributed by atoms with Gasteiger partial charge in [-0.15, -0.1) is 0 Å². The molecule has 0 amide bonds. The van der Waals surface area contributed by atoms with Gasteiger partial charge in [-0.2, -0.15) is 0 Å². The summed E-state index contributed by atoms with van der Waals surface area (Å²) in [5.41, 5.74) is 0.415. The number of hydrogen-bond donors (Lipinski definition) is 1. The average molecular weight is 276 g/mol. The maximum atomic E-state index is 11.2. The Balaban J connectivity index is 2.35. The molecule has 20 heavy (non-hydrogen) atoms. The number of methoxy groups -OCH3 is 1. The summed E-state index contributed by atoms with van der Waals surface area (Å²) in [4.78, 5) is 0. The molecule has 0 aromatic heterocycles. The van der Waals surface area contributed by atoms with Crippen LogP contribution in [0.2, 0.25) is 0 Å². The molecule has 1 aromatic rings. The summed E-state index contributed by atoms with van der Waals surface area (Å²) in [6, 6.07) is 9.63. The van der Waals surface area contributed by atoms with Crippen LogP contribution in [0.4, 0.5) is 0 Å². The van der Waals surface area contributed by atoms with Crippen molar-refractivity contribution >= 4 is 0 Å². The van der Waals surface area contributed by atoms with Gasteiger partial charge in [-0.1, -0.05) is 44.2 Å². The zero-order valence-electron chi connectivity index (χ0n) is 12.5. The lowest BCUT2D eigenvalue weighted by Crippen LogP contribution is -2.50. The summed E-state index contributed by atoms with van der Waals surface area (Å²) in [5, 5.41) is 11.2. The van der Waals surface area contributed by atoms with E-state index in [0.29, 0.717) is 6.61 Å². The van der Waals surface area contributed by atoms with Crippen molar-refractivity contribution in [3.8, 4) is 0 Å². The van der Waals surface area contributed by atoms with Gasteiger partial charge < -0.3 is 14.6 Å². The minimum absolute atomic E-state index is 0.221.